The quantitative estimate of drug-likeness (QED) is 0.912. The second-order valence-corrected chi connectivity index (χ2v) is 4.79. The number of carboxylic acid groups (broad SMARTS) is 1. The van der Waals surface area contributed by atoms with E-state index in [2.05, 4.69) is 21.1 Å². The fourth-order valence-electron chi connectivity index (χ4n) is 1.61. The summed E-state index contributed by atoms with van der Waals surface area (Å²) in [6.45, 7) is 1.76. The number of carboxylic acids is 1. The Balaban J connectivity index is 2.37. The first-order chi connectivity index (χ1) is 9.11. The van der Waals surface area contributed by atoms with E-state index < -0.39 is 12.1 Å². The SMILES string of the molecule is CC[C@H](Oc1ccc(Br)cc1-c1ccno1)C(=O)O. The van der Waals surface area contributed by atoms with Gasteiger partial charge in [0.2, 0.25) is 0 Å². The maximum Gasteiger partial charge on any atom is 0.344 e. The summed E-state index contributed by atoms with van der Waals surface area (Å²) in [5, 5.41) is 12.7. The lowest BCUT2D eigenvalue weighted by atomic mass is 10.1. The second-order valence-electron chi connectivity index (χ2n) is 3.87. The molecule has 0 radical (unpaired) electrons. The fourth-order valence-corrected chi connectivity index (χ4v) is 1.97. The monoisotopic (exact) mass is 325 g/mol. The third kappa shape index (κ3) is 3.14. The maximum atomic E-state index is 11.0. The van der Waals surface area contributed by atoms with Crippen molar-refractivity contribution in [2.75, 3.05) is 0 Å². The lowest BCUT2D eigenvalue weighted by Crippen LogP contribution is -2.26. The topological polar surface area (TPSA) is 72.6 Å². The summed E-state index contributed by atoms with van der Waals surface area (Å²) in [5.41, 5.74) is 0.659. The van der Waals surface area contributed by atoms with Crippen LogP contribution in [0.25, 0.3) is 11.3 Å². The van der Waals surface area contributed by atoms with Crippen molar-refractivity contribution in [1.82, 2.24) is 5.16 Å². The third-order valence-corrected chi connectivity index (χ3v) is 3.05. The van der Waals surface area contributed by atoms with Gasteiger partial charge in [0.25, 0.3) is 0 Å². The molecule has 5 nitrogen and oxygen atoms in total. The fraction of sp³-hybridized carbons (Fsp3) is 0.231. The van der Waals surface area contributed by atoms with Crippen LogP contribution in [0, 0.1) is 0 Å². The van der Waals surface area contributed by atoms with Crippen LogP contribution >= 0.6 is 15.9 Å². The minimum atomic E-state index is -0.992. The summed E-state index contributed by atoms with van der Waals surface area (Å²) >= 11 is 3.36. The average Bonchev–Trinajstić information content (AvgIpc) is 2.90. The molecule has 0 bridgehead atoms. The molecule has 1 heterocycles. The van der Waals surface area contributed by atoms with E-state index in [0.717, 1.165) is 4.47 Å². The molecule has 1 aromatic heterocycles. The molecule has 0 spiro atoms. The van der Waals surface area contributed by atoms with Crippen molar-refractivity contribution in [2.24, 2.45) is 0 Å². The molecule has 0 fully saturated rings. The van der Waals surface area contributed by atoms with Crippen LogP contribution in [0.2, 0.25) is 0 Å². The molecule has 0 saturated carbocycles. The van der Waals surface area contributed by atoms with Gasteiger partial charge in [0, 0.05) is 10.5 Å². The number of carbonyl (C=O) groups is 1. The van der Waals surface area contributed by atoms with Gasteiger partial charge in [0.1, 0.15) is 5.75 Å². The molecule has 0 amide bonds. The highest BCUT2D eigenvalue weighted by Gasteiger charge is 2.20. The van der Waals surface area contributed by atoms with E-state index in [4.69, 9.17) is 14.4 Å². The first-order valence-electron chi connectivity index (χ1n) is 5.72. The van der Waals surface area contributed by atoms with Gasteiger partial charge in [-0.2, -0.15) is 0 Å². The lowest BCUT2D eigenvalue weighted by molar-refractivity contribution is -0.145. The van der Waals surface area contributed by atoms with Crippen molar-refractivity contribution in [3.05, 3.63) is 34.9 Å². The molecular formula is C13H12BrNO4. The van der Waals surface area contributed by atoms with Crippen molar-refractivity contribution in [3.63, 3.8) is 0 Å². The van der Waals surface area contributed by atoms with E-state index in [1.165, 1.54) is 6.20 Å². The van der Waals surface area contributed by atoms with Crippen molar-refractivity contribution in [3.8, 4) is 17.1 Å². The van der Waals surface area contributed by atoms with E-state index in [0.29, 0.717) is 23.5 Å². The Bertz CT molecular complexity index is 568. The number of rotatable bonds is 5. The average molecular weight is 326 g/mol. The Hall–Kier alpha value is -1.82. The van der Waals surface area contributed by atoms with Gasteiger partial charge in [-0.1, -0.05) is 28.0 Å². The Morgan fingerprint density at radius 3 is 2.89 bits per heavy atom. The Labute approximate surface area is 118 Å². The highest BCUT2D eigenvalue weighted by molar-refractivity contribution is 9.10. The predicted octanol–water partition coefficient (Wildman–Crippen LogP) is 3.35. The van der Waals surface area contributed by atoms with Gasteiger partial charge in [0.15, 0.2) is 11.9 Å². The maximum absolute atomic E-state index is 11.0. The zero-order valence-electron chi connectivity index (χ0n) is 10.2. The van der Waals surface area contributed by atoms with Crippen LogP contribution in [0.5, 0.6) is 5.75 Å². The first-order valence-corrected chi connectivity index (χ1v) is 6.51. The summed E-state index contributed by atoms with van der Waals surface area (Å²) in [6, 6.07) is 6.97. The zero-order valence-corrected chi connectivity index (χ0v) is 11.8. The minimum absolute atomic E-state index is 0.376. The van der Waals surface area contributed by atoms with Crippen LogP contribution in [0.1, 0.15) is 13.3 Å². The molecule has 2 rings (SSSR count). The van der Waals surface area contributed by atoms with Gasteiger partial charge < -0.3 is 14.4 Å². The molecule has 19 heavy (non-hydrogen) atoms. The Kier molecular flexibility index (Phi) is 4.21. The molecular weight excluding hydrogens is 314 g/mol. The highest BCUT2D eigenvalue weighted by atomic mass is 79.9. The lowest BCUT2D eigenvalue weighted by Gasteiger charge is -2.15. The molecule has 0 unspecified atom stereocenters. The summed E-state index contributed by atoms with van der Waals surface area (Å²) in [6.07, 6.45) is 1.01. The van der Waals surface area contributed by atoms with Crippen molar-refractivity contribution >= 4 is 21.9 Å². The number of nitrogens with zero attached hydrogens (tertiary/aromatic N) is 1. The van der Waals surface area contributed by atoms with E-state index in [1.54, 1.807) is 31.2 Å². The molecule has 0 aliphatic carbocycles. The van der Waals surface area contributed by atoms with Crippen LogP contribution in [0.4, 0.5) is 0 Å². The molecule has 1 N–H and O–H groups in total. The third-order valence-electron chi connectivity index (χ3n) is 2.56. The van der Waals surface area contributed by atoms with Gasteiger partial charge in [-0.15, -0.1) is 0 Å². The number of hydrogen-bond acceptors (Lipinski definition) is 4. The number of aliphatic carboxylic acids is 1. The van der Waals surface area contributed by atoms with Gasteiger partial charge in [-0.05, 0) is 24.6 Å². The van der Waals surface area contributed by atoms with Crippen molar-refractivity contribution in [1.29, 1.82) is 0 Å². The first kappa shape index (κ1) is 13.6. The highest BCUT2D eigenvalue weighted by Crippen LogP contribution is 2.33. The standard InChI is InChI=1S/C13H12BrNO4/c1-2-10(13(16)17)18-11-4-3-8(14)7-9(11)12-5-6-15-19-12/h3-7,10H,2H2,1H3,(H,16,17)/t10-/m0/s1. The van der Waals surface area contributed by atoms with E-state index in [9.17, 15) is 4.79 Å². The molecule has 0 saturated heterocycles. The van der Waals surface area contributed by atoms with Crippen molar-refractivity contribution < 1.29 is 19.2 Å². The minimum Gasteiger partial charge on any atom is -0.479 e. The van der Waals surface area contributed by atoms with Crippen LogP contribution in [-0.2, 0) is 4.79 Å². The van der Waals surface area contributed by atoms with Crippen LogP contribution in [-0.4, -0.2) is 22.3 Å². The molecule has 1 atom stereocenters. The van der Waals surface area contributed by atoms with Gasteiger partial charge in [0.05, 0.1) is 11.8 Å². The van der Waals surface area contributed by atoms with Gasteiger partial charge in [-0.3, -0.25) is 0 Å². The molecule has 1 aromatic carbocycles. The van der Waals surface area contributed by atoms with Gasteiger partial charge >= 0.3 is 5.97 Å². The number of aromatic nitrogens is 1. The summed E-state index contributed by atoms with van der Waals surface area (Å²) in [7, 11) is 0. The predicted molar refractivity (Wildman–Crippen MR) is 72.0 cm³/mol. The summed E-state index contributed by atoms with van der Waals surface area (Å²) in [4.78, 5) is 11.0. The van der Waals surface area contributed by atoms with E-state index in [-0.39, 0.29) is 0 Å². The molecule has 0 aliphatic rings. The number of halogens is 1. The Morgan fingerprint density at radius 1 is 1.53 bits per heavy atom. The smallest absolute Gasteiger partial charge is 0.344 e. The van der Waals surface area contributed by atoms with Crippen LogP contribution in [0.3, 0.4) is 0 Å². The zero-order chi connectivity index (χ0) is 13.8. The number of ether oxygens (including phenoxy) is 1. The van der Waals surface area contributed by atoms with E-state index in [1.807, 2.05) is 0 Å². The molecule has 2 aromatic rings. The summed E-state index contributed by atoms with van der Waals surface area (Å²) < 4.78 is 11.5. The second kappa shape index (κ2) is 5.88. The molecule has 100 valence electrons. The number of benzene rings is 1. The van der Waals surface area contributed by atoms with Crippen LogP contribution < -0.4 is 4.74 Å². The summed E-state index contributed by atoms with van der Waals surface area (Å²) in [5.74, 6) is -0.0142. The molecule has 6 heteroatoms. The van der Waals surface area contributed by atoms with E-state index >= 15 is 0 Å². The Morgan fingerprint density at radius 2 is 2.32 bits per heavy atom. The normalized spacial score (nSPS) is 12.1. The molecule has 0 aliphatic heterocycles. The van der Waals surface area contributed by atoms with Crippen molar-refractivity contribution in [2.45, 2.75) is 19.4 Å². The van der Waals surface area contributed by atoms with Gasteiger partial charge in [-0.25, -0.2) is 4.79 Å². The van der Waals surface area contributed by atoms with Crippen LogP contribution in [0.15, 0.2) is 39.5 Å². The number of hydrogen-bond donors (Lipinski definition) is 1. The largest absolute Gasteiger partial charge is 0.479 e.